The molecule has 6 heteroatoms. The largest absolute Gasteiger partial charge is 0.338 e. The zero-order valence-corrected chi connectivity index (χ0v) is 14.5. The topological polar surface area (TPSA) is 45.2 Å². The molecule has 27 heavy (non-hydrogen) atoms. The summed E-state index contributed by atoms with van der Waals surface area (Å²) in [6.45, 7) is 1.24. The van der Waals surface area contributed by atoms with Crippen molar-refractivity contribution in [3.63, 3.8) is 0 Å². The molecule has 1 aliphatic heterocycles. The lowest BCUT2D eigenvalue weighted by molar-refractivity contribution is 0.0734. The van der Waals surface area contributed by atoms with Crippen molar-refractivity contribution in [3.8, 4) is 0 Å². The highest BCUT2D eigenvalue weighted by Gasteiger charge is 2.21. The van der Waals surface area contributed by atoms with Crippen molar-refractivity contribution in [1.82, 2.24) is 9.88 Å². The van der Waals surface area contributed by atoms with Gasteiger partial charge in [0.25, 0.3) is 5.91 Å². The van der Waals surface area contributed by atoms with Gasteiger partial charge in [0, 0.05) is 25.4 Å². The lowest BCUT2D eigenvalue weighted by Crippen LogP contribution is -2.35. The number of aromatic nitrogens is 1. The average molecular weight is 365 g/mol. The maximum absolute atomic E-state index is 13.7. The number of rotatable bonds is 3. The molecule has 0 bridgehead atoms. The van der Waals surface area contributed by atoms with Crippen molar-refractivity contribution < 1.29 is 13.6 Å². The van der Waals surface area contributed by atoms with Crippen LogP contribution in [0, 0.1) is 11.6 Å². The summed E-state index contributed by atoms with van der Waals surface area (Å²) in [7, 11) is 0. The molecule has 4 rings (SSSR count). The highest BCUT2D eigenvalue weighted by Crippen LogP contribution is 2.22. The molecular formula is C21H17F2N3O. The first-order valence-corrected chi connectivity index (χ1v) is 8.64. The van der Waals surface area contributed by atoms with Crippen LogP contribution in [0.4, 0.5) is 20.3 Å². The van der Waals surface area contributed by atoms with Crippen LogP contribution in [0.5, 0.6) is 0 Å². The predicted molar refractivity (Wildman–Crippen MR) is 98.8 cm³/mol. The Balaban J connectivity index is 1.47. The number of amides is 1. The molecule has 0 radical (unpaired) electrons. The van der Waals surface area contributed by atoms with E-state index >= 15 is 0 Å². The molecule has 1 aromatic heterocycles. The number of nitrogens with one attached hydrogen (secondary N) is 1. The van der Waals surface area contributed by atoms with Gasteiger partial charge >= 0.3 is 0 Å². The average Bonchev–Trinajstić information content (AvgIpc) is 2.70. The first-order valence-electron chi connectivity index (χ1n) is 8.64. The number of fused-ring (bicyclic) bond motifs is 1. The maximum Gasteiger partial charge on any atom is 0.255 e. The minimum absolute atomic E-state index is 0.0866. The van der Waals surface area contributed by atoms with E-state index < -0.39 is 11.6 Å². The van der Waals surface area contributed by atoms with Crippen LogP contribution in [0.1, 0.15) is 21.5 Å². The van der Waals surface area contributed by atoms with E-state index in [1.54, 1.807) is 17.0 Å². The van der Waals surface area contributed by atoms with E-state index in [9.17, 15) is 13.6 Å². The number of pyridine rings is 1. The highest BCUT2D eigenvalue weighted by atomic mass is 19.1. The molecule has 136 valence electrons. The molecule has 0 fully saturated rings. The molecule has 0 aliphatic carbocycles. The number of carbonyl (C=O) groups is 1. The lowest BCUT2D eigenvalue weighted by atomic mass is 9.99. The third kappa shape index (κ3) is 3.65. The van der Waals surface area contributed by atoms with Gasteiger partial charge in [-0.3, -0.25) is 4.79 Å². The van der Waals surface area contributed by atoms with E-state index in [1.807, 2.05) is 18.2 Å². The molecule has 0 atom stereocenters. The molecule has 0 saturated carbocycles. The molecule has 1 aliphatic rings. The lowest BCUT2D eigenvalue weighted by Gasteiger charge is -2.28. The number of carbonyl (C=O) groups excluding carboxylic acids is 1. The van der Waals surface area contributed by atoms with Crippen LogP contribution in [0.25, 0.3) is 0 Å². The predicted octanol–water partition coefficient (Wildman–Crippen LogP) is 4.30. The minimum Gasteiger partial charge on any atom is -0.338 e. The molecule has 0 spiro atoms. The summed E-state index contributed by atoms with van der Waals surface area (Å²) in [6.07, 6.45) is 2.30. The van der Waals surface area contributed by atoms with Crippen molar-refractivity contribution >= 4 is 17.4 Å². The van der Waals surface area contributed by atoms with Crippen LogP contribution in [-0.2, 0) is 13.0 Å². The second-order valence-corrected chi connectivity index (χ2v) is 6.43. The number of hydrogen-bond donors (Lipinski definition) is 1. The van der Waals surface area contributed by atoms with E-state index in [0.29, 0.717) is 24.5 Å². The van der Waals surface area contributed by atoms with Crippen molar-refractivity contribution in [3.05, 3.63) is 89.1 Å². The molecule has 3 aromatic rings. The maximum atomic E-state index is 13.7. The number of anilines is 2. The monoisotopic (exact) mass is 365 g/mol. The summed E-state index contributed by atoms with van der Waals surface area (Å²) in [5.41, 5.74) is 3.03. The molecule has 1 N–H and O–H groups in total. The van der Waals surface area contributed by atoms with Crippen molar-refractivity contribution in [2.24, 2.45) is 0 Å². The van der Waals surface area contributed by atoms with Crippen LogP contribution < -0.4 is 5.32 Å². The van der Waals surface area contributed by atoms with Gasteiger partial charge in [-0.1, -0.05) is 24.3 Å². The number of nitrogens with zero attached hydrogens (tertiary/aromatic N) is 2. The van der Waals surface area contributed by atoms with Gasteiger partial charge in [0.1, 0.15) is 17.5 Å². The Morgan fingerprint density at radius 3 is 2.59 bits per heavy atom. The van der Waals surface area contributed by atoms with E-state index in [-0.39, 0.29) is 11.6 Å². The molecule has 0 saturated heterocycles. The molecular weight excluding hydrogens is 348 g/mol. The molecule has 4 nitrogen and oxygen atoms in total. The Hall–Kier alpha value is -3.28. The van der Waals surface area contributed by atoms with Crippen LogP contribution >= 0.6 is 0 Å². The zero-order chi connectivity index (χ0) is 18.8. The molecule has 0 unspecified atom stereocenters. The van der Waals surface area contributed by atoms with Gasteiger partial charge in [-0.05, 0) is 41.8 Å². The van der Waals surface area contributed by atoms with Crippen LogP contribution in [0.15, 0.2) is 60.8 Å². The second kappa shape index (κ2) is 7.15. The Labute approximate surface area is 155 Å². The smallest absolute Gasteiger partial charge is 0.255 e. The fraction of sp³-hybridized carbons (Fsp3) is 0.143. The summed E-state index contributed by atoms with van der Waals surface area (Å²) >= 11 is 0. The van der Waals surface area contributed by atoms with Crippen LogP contribution in [-0.4, -0.2) is 22.3 Å². The first kappa shape index (κ1) is 17.1. The Morgan fingerprint density at radius 1 is 1.04 bits per heavy atom. The number of halogens is 2. The van der Waals surface area contributed by atoms with Gasteiger partial charge in [0.2, 0.25) is 0 Å². The van der Waals surface area contributed by atoms with Gasteiger partial charge in [0.15, 0.2) is 0 Å². The highest BCUT2D eigenvalue weighted by molar-refractivity contribution is 5.94. The molecule has 2 heterocycles. The zero-order valence-electron chi connectivity index (χ0n) is 14.5. The van der Waals surface area contributed by atoms with Gasteiger partial charge in [0.05, 0.1) is 11.3 Å². The second-order valence-electron chi connectivity index (χ2n) is 6.43. The summed E-state index contributed by atoms with van der Waals surface area (Å²) < 4.78 is 26.7. The summed E-state index contributed by atoms with van der Waals surface area (Å²) in [4.78, 5) is 18.7. The fourth-order valence-electron chi connectivity index (χ4n) is 3.17. The van der Waals surface area contributed by atoms with E-state index in [1.165, 1.54) is 17.8 Å². The third-order valence-corrected chi connectivity index (χ3v) is 4.62. The Bertz CT molecular complexity index is 989. The van der Waals surface area contributed by atoms with Crippen molar-refractivity contribution in [1.29, 1.82) is 0 Å². The quantitative estimate of drug-likeness (QED) is 0.753. The van der Waals surface area contributed by atoms with Gasteiger partial charge in [-0.25, -0.2) is 13.8 Å². The minimum atomic E-state index is -0.705. The normalized spacial score (nSPS) is 13.2. The number of hydrogen-bond acceptors (Lipinski definition) is 3. The number of benzene rings is 2. The SMILES string of the molecule is O=C(c1ccc(Nc2ccc(F)cc2F)nc1)N1CCc2ccccc2C1. The van der Waals surface area contributed by atoms with Gasteiger partial charge in [-0.15, -0.1) is 0 Å². The van der Waals surface area contributed by atoms with Gasteiger partial charge in [-0.2, -0.15) is 0 Å². The fourth-order valence-corrected chi connectivity index (χ4v) is 3.17. The summed E-state index contributed by atoms with van der Waals surface area (Å²) in [5.74, 6) is -1.06. The summed E-state index contributed by atoms with van der Waals surface area (Å²) in [5, 5.41) is 2.78. The Kier molecular flexibility index (Phi) is 4.54. The van der Waals surface area contributed by atoms with Gasteiger partial charge < -0.3 is 10.2 Å². The Morgan fingerprint density at radius 2 is 1.85 bits per heavy atom. The van der Waals surface area contributed by atoms with E-state index in [0.717, 1.165) is 24.1 Å². The standard InChI is InChI=1S/C21H17F2N3O/c22-17-6-7-19(18(23)11-17)25-20-8-5-15(12-24-20)21(27)26-10-9-14-3-1-2-4-16(14)13-26/h1-8,11-12H,9-10,13H2,(H,24,25). The van der Waals surface area contributed by atoms with Crippen molar-refractivity contribution in [2.45, 2.75) is 13.0 Å². The van der Waals surface area contributed by atoms with E-state index in [4.69, 9.17) is 0 Å². The van der Waals surface area contributed by atoms with E-state index in [2.05, 4.69) is 16.4 Å². The summed E-state index contributed by atoms with van der Waals surface area (Å²) in [6, 6.07) is 14.6. The first-order chi connectivity index (χ1) is 13.1. The van der Waals surface area contributed by atoms with Crippen LogP contribution in [0.3, 0.4) is 0 Å². The van der Waals surface area contributed by atoms with Crippen LogP contribution in [0.2, 0.25) is 0 Å². The van der Waals surface area contributed by atoms with Crippen molar-refractivity contribution in [2.75, 3.05) is 11.9 Å². The molecule has 1 amide bonds. The third-order valence-electron chi connectivity index (χ3n) is 4.62. The molecule has 2 aromatic carbocycles.